The molecule has 2 rings (SSSR count). The zero-order chi connectivity index (χ0) is 20.9. The molecule has 0 spiro atoms. The van der Waals surface area contributed by atoms with Gasteiger partial charge in [0, 0.05) is 23.0 Å². The van der Waals surface area contributed by atoms with Crippen LogP contribution in [-0.2, 0) is 11.4 Å². The number of aromatic nitrogens is 1. The van der Waals surface area contributed by atoms with E-state index in [1.54, 1.807) is 46.8 Å². The van der Waals surface area contributed by atoms with Gasteiger partial charge in [-0.2, -0.15) is 0 Å². The molecule has 1 heterocycles. The molecule has 0 unspecified atom stereocenters. The van der Waals surface area contributed by atoms with Crippen LogP contribution in [0.25, 0.3) is 0 Å². The summed E-state index contributed by atoms with van der Waals surface area (Å²) in [6, 6.07) is 7.41. The molecule has 1 amide bonds. The molecule has 1 N–H and O–H groups in total. The summed E-state index contributed by atoms with van der Waals surface area (Å²) in [7, 11) is 0. The van der Waals surface area contributed by atoms with Gasteiger partial charge in [0.2, 0.25) is 0 Å². The van der Waals surface area contributed by atoms with E-state index in [-0.39, 0.29) is 11.3 Å². The molecule has 1 aromatic carbocycles. The van der Waals surface area contributed by atoms with Gasteiger partial charge in [0.25, 0.3) is 5.91 Å². The SMILES string of the molecule is CC#Cc1ccc(C(=O)Nc2ccc(F)c(/C(C)=N/[S@+]([O-])C(C)(C)C)c2)nc1. The highest BCUT2D eigenvalue weighted by Crippen LogP contribution is 2.21. The fraction of sp³-hybridized carbons (Fsp3) is 0.286. The predicted octanol–water partition coefficient (Wildman–Crippen LogP) is 4.12. The Bertz CT molecular complexity index is 954. The van der Waals surface area contributed by atoms with Crippen molar-refractivity contribution in [3.8, 4) is 11.8 Å². The second kappa shape index (κ2) is 9.00. The Morgan fingerprint density at radius 1 is 1.29 bits per heavy atom. The molecule has 7 heteroatoms. The van der Waals surface area contributed by atoms with Crippen molar-refractivity contribution in [1.82, 2.24) is 4.98 Å². The summed E-state index contributed by atoms with van der Waals surface area (Å²) in [6.07, 6.45) is 1.51. The third-order valence-electron chi connectivity index (χ3n) is 3.62. The third kappa shape index (κ3) is 5.65. The predicted molar refractivity (Wildman–Crippen MR) is 111 cm³/mol. The van der Waals surface area contributed by atoms with E-state index in [9.17, 15) is 13.7 Å². The molecule has 2 aromatic rings. The molecule has 0 aliphatic rings. The molecular formula is C21H22FN3O2S. The van der Waals surface area contributed by atoms with Crippen LogP contribution in [0.4, 0.5) is 10.1 Å². The molecule has 0 fully saturated rings. The molecule has 1 aromatic heterocycles. The minimum atomic E-state index is -1.51. The topological polar surface area (TPSA) is 77.4 Å². The van der Waals surface area contributed by atoms with Gasteiger partial charge in [-0.1, -0.05) is 10.3 Å². The van der Waals surface area contributed by atoms with E-state index in [4.69, 9.17) is 0 Å². The normalized spacial score (nSPS) is 12.8. The standard InChI is InChI=1S/C21H22FN3O2S/c1-6-7-15-8-11-19(23-13-15)20(26)24-16-9-10-18(22)17(12-16)14(2)25-28(27)21(3,4)5/h8-13H,1-5H3,(H,24,26)/b25-14+/t28-/m1/s1. The highest BCUT2D eigenvalue weighted by atomic mass is 32.2. The first kappa shape index (κ1) is 21.6. The third-order valence-corrected chi connectivity index (χ3v) is 5.11. The molecule has 0 saturated heterocycles. The van der Waals surface area contributed by atoms with Crippen molar-refractivity contribution in [3.05, 3.63) is 59.2 Å². The molecule has 0 bridgehead atoms. The number of anilines is 1. The highest BCUT2D eigenvalue weighted by Gasteiger charge is 2.27. The largest absolute Gasteiger partial charge is 0.591 e. The minimum absolute atomic E-state index is 0.178. The van der Waals surface area contributed by atoms with Crippen molar-refractivity contribution in [1.29, 1.82) is 0 Å². The average Bonchev–Trinajstić information content (AvgIpc) is 2.63. The zero-order valence-electron chi connectivity index (χ0n) is 16.5. The van der Waals surface area contributed by atoms with Gasteiger partial charge in [-0.15, -0.1) is 5.92 Å². The van der Waals surface area contributed by atoms with Crippen molar-refractivity contribution in [2.45, 2.75) is 39.4 Å². The number of halogens is 1. The van der Waals surface area contributed by atoms with Crippen LogP contribution in [-0.4, -0.2) is 25.9 Å². The molecule has 0 aliphatic carbocycles. The van der Waals surface area contributed by atoms with Crippen molar-refractivity contribution < 1.29 is 13.7 Å². The van der Waals surface area contributed by atoms with Crippen LogP contribution in [0, 0.1) is 17.7 Å². The van der Waals surface area contributed by atoms with Gasteiger partial charge in [-0.3, -0.25) is 4.79 Å². The number of carbonyl (C=O) groups is 1. The van der Waals surface area contributed by atoms with Crippen molar-refractivity contribution >= 4 is 28.7 Å². The van der Waals surface area contributed by atoms with Crippen molar-refractivity contribution in [2.75, 3.05) is 5.32 Å². The lowest BCUT2D eigenvalue weighted by Gasteiger charge is -2.19. The summed E-state index contributed by atoms with van der Waals surface area (Å²) in [4.78, 5) is 16.5. The van der Waals surface area contributed by atoms with Gasteiger partial charge >= 0.3 is 0 Å². The van der Waals surface area contributed by atoms with Crippen LogP contribution in [0.15, 0.2) is 40.9 Å². The van der Waals surface area contributed by atoms with Crippen molar-refractivity contribution in [3.63, 3.8) is 0 Å². The maximum absolute atomic E-state index is 14.2. The van der Waals surface area contributed by atoms with Crippen LogP contribution >= 0.6 is 0 Å². The minimum Gasteiger partial charge on any atom is -0.591 e. The number of benzene rings is 1. The zero-order valence-corrected chi connectivity index (χ0v) is 17.3. The lowest BCUT2D eigenvalue weighted by molar-refractivity contribution is 0.102. The first-order valence-corrected chi connectivity index (χ1v) is 9.70. The Kier molecular flexibility index (Phi) is 6.95. The van der Waals surface area contributed by atoms with Crippen LogP contribution < -0.4 is 5.32 Å². The molecule has 0 saturated carbocycles. The summed E-state index contributed by atoms with van der Waals surface area (Å²) >= 11 is -1.51. The Hall–Kier alpha value is -2.69. The van der Waals surface area contributed by atoms with Gasteiger partial charge in [0.1, 0.15) is 27.6 Å². The second-order valence-electron chi connectivity index (χ2n) is 6.99. The molecule has 0 aliphatic heterocycles. The summed E-state index contributed by atoms with van der Waals surface area (Å²) < 4.78 is 30.0. The van der Waals surface area contributed by atoms with Crippen LogP contribution in [0.3, 0.4) is 0 Å². The van der Waals surface area contributed by atoms with E-state index >= 15 is 0 Å². The summed E-state index contributed by atoms with van der Waals surface area (Å²) in [6.45, 7) is 8.67. The maximum atomic E-state index is 14.2. The lowest BCUT2D eigenvalue weighted by Crippen LogP contribution is -2.26. The fourth-order valence-corrected chi connectivity index (χ4v) is 2.75. The van der Waals surface area contributed by atoms with Gasteiger partial charge in [-0.25, -0.2) is 9.37 Å². The van der Waals surface area contributed by atoms with E-state index in [0.717, 1.165) is 0 Å². The Morgan fingerprint density at radius 3 is 2.57 bits per heavy atom. The number of nitrogens with zero attached hydrogens (tertiary/aromatic N) is 2. The molecule has 28 heavy (non-hydrogen) atoms. The Morgan fingerprint density at radius 2 is 2.00 bits per heavy atom. The fourth-order valence-electron chi connectivity index (χ4n) is 2.13. The average molecular weight is 399 g/mol. The first-order chi connectivity index (χ1) is 13.1. The number of amides is 1. The molecule has 146 valence electrons. The van der Waals surface area contributed by atoms with E-state index in [0.29, 0.717) is 17.0 Å². The number of rotatable bonds is 4. The quantitative estimate of drug-likeness (QED) is 0.477. The first-order valence-electron chi connectivity index (χ1n) is 8.59. The van der Waals surface area contributed by atoms with Gasteiger partial charge < -0.3 is 9.87 Å². The number of hydrogen-bond donors (Lipinski definition) is 1. The molecule has 0 radical (unpaired) electrons. The van der Waals surface area contributed by atoms with Crippen LogP contribution in [0.1, 0.15) is 56.2 Å². The van der Waals surface area contributed by atoms with Gasteiger partial charge in [0.15, 0.2) is 0 Å². The van der Waals surface area contributed by atoms with E-state index in [2.05, 4.69) is 26.5 Å². The van der Waals surface area contributed by atoms with Gasteiger partial charge in [-0.05, 0) is 65.0 Å². The number of pyridine rings is 1. The second-order valence-corrected chi connectivity index (χ2v) is 8.90. The number of nitrogens with one attached hydrogen (secondary N) is 1. The highest BCUT2D eigenvalue weighted by molar-refractivity contribution is 7.91. The Balaban J connectivity index is 2.23. The Labute approximate surface area is 167 Å². The molecule has 1 atom stereocenters. The van der Waals surface area contributed by atoms with E-state index in [1.165, 1.54) is 24.4 Å². The smallest absolute Gasteiger partial charge is 0.274 e. The summed E-state index contributed by atoms with van der Waals surface area (Å²) in [5.41, 5.74) is 1.78. The lowest BCUT2D eigenvalue weighted by atomic mass is 10.1. The summed E-state index contributed by atoms with van der Waals surface area (Å²) in [5.74, 6) is 4.67. The van der Waals surface area contributed by atoms with E-state index < -0.39 is 27.8 Å². The van der Waals surface area contributed by atoms with Crippen LogP contribution in [0.5, 0.6) is 0 Å². The maximum Gasteiger partial charge on any atom is 0.274 e. The van der Waals surface area contributed by atoms with Crippen molar-refractivity contribution in [2.24, 2.45) is 4.40 Å². The summed E-state index contributed by atoms with van der Waals surface area (Å²) in [5, 5.41) is 2.68. The number of carbonyl (C=O) groups excluding carboxylic acids is 1. The monoisotopic (exact) mass is 399 g/mol. The molecular weight excluding hydrogens is 377 g/mol. The molecule has 5 nitrogen and oxygen atoms in total. The van der Waals surface area contributed by atoms with E-state index in [1.807, 2.05) is 0 Å². The number of hydrogen-bond acceptors (Lipinski definition) is 4. The van der Waals surface area contributed by atoms with Crippen LogP contribution in [0.2, 0.25) is 0 Å². The van der Waals surface area contributed by atoms with Gasteiger partial charge in [0.05, 0.1) is 5.71 Å².